The van der Waals surface area contributed by atoms with Crippen LogP contribution in [0.2, 0.25) is 0 Å². The summed E-state index contributed by atoms with van der Waals surface area (Å²) in [5, 5.41) is 4.08. The fourth-order valence-corrected chi connectivity index (χ4v) is 4.38. The Kier molecular flexibility index (Phi) is 5.16. The van der Waals surface area contributed by atoms with Crippen LogP contribution in [0.4, 0.5) is 0 Å². The zero-order chi connectivity index (χ0) is 15.4. The monoisotopic (exact) mass is 323 g/mol. The summed E-state index contributed by atoms with van der Waals surface area (Å²) < 4.78 is 11.8. The molecule has 1 saturated carbocycles. The molecule has 0 bridgehead atoms. The van der Waals surface area contributed by atoms with Crippen LogP contribution in [0.1, 0.15) is 31.7 Å². The van der Waals surface area contributed by atoms with E-state index in [1.807, 2.05) is 23.3 Å². The van der Waals surface area contributed by atoms with Gasteiger partial charge in [0.25, 0.3) is 0 Å². The van der Waals surface area contributed by atoms with Gasteiger partial charge in [0.15, 0.2) is 0 Å². The molecule has 1 aromatic rings. The number of ether oxygens (including phenoxy) is 2. The minimum absolute atomic E-state index is 0.169. The van der Waals surface area contributed by atoms with Gasteiger partial charge in [-0.3, -0.25) is 4.79 Å². The minimum atomic E-state index is -0.169. The molecule has 1 spiro atoms. The van der Waals surface area contributed by atoms with Crippen LogP contribution >= 0.6 is 11.3 Å². The summed E-state index contributed by atoms with van der Waals surface area (Å²) in [4.78, 5) is 14.6. The van der Waals surface area contributed by atoms with Crippen molar-refractivity contribution in [2.45, 2.75) is 38.2 Å². The Morgan fingerprint density at radius 3 is 3.27 bits per heavy atom. The number of hydrogen-bond acceptors (Lipinski definition) is 4. The first kappa shape index (κ1) is 16.0. The Morgan fingerprint density at radius 1 is 1.59 bits per heavy atom. The van der Waals surface area contributed by atoms with E-state index >= 15 is 0 Å². The van der Waals surface area contributed by atoms with Crippen molar-refractivity contribution in [3.05, 3.63) is 22.4 Å². The Hall–Kier alpha value is -0.910. The van der Waals surface area contributed by atoms with Crippen LogP contribution in [-0.4, -0.2) is 49.3 Å². The molecule has 0 N–H and O–H groups in total. The van der Waals surface area contributed by atoms with Gasteiger partial charge in [0.2, 0.25) is 5.91 Å². The maximum absolute atomic E-state index is 12.6. The molecular formula is C17H25NO3S. The fraction of sp³-hybridized carbons (Fsp3) is 0.706. The van der Waals surface area contributed by atoms with E-state index in [1.54, 1.807) is 11.3 Å². The molecule has 1 aromatic heterocycles. The number of rotatable bonds is 5. The van der Waals surface area contributed by atoms with E-state index in [9.17, 15) is 4.79 Å². The summed E-state index contributed by atoms with van der Waals surface area (Å²) in [6, 6.07) is 2.03. The van der Waals surface area contributed by atoms with Crippen molar-refractivity contribution < 1.29 is 14.3 Å². The van der Waals surface area contributed by atoms with Crippen molar-refractivity contribution in [2.75, 3.05) is 32.9 Å². The lowest BCUT2D eigenvalue weighted by molar-refractivity contribution is -0.161. The molecule has 1 saturated heterocycles. The normalized spacial score (nSPS) is 28.4. The smallest absolute Gasteiger partial charge is 0.227 e. The van der Waals surface area contributed by atoms with Gasteiger partial charge in [-0.25, -0.2) is 0 Å². The molecule has 5 heteroatoms. The lowest BCUT2D eigenvalue weighted by Gasteiger charge is -2.44. The molecule has 1 amide bonds. The standard InChI is InChI=1S/C17H25NO3S/c1-2-20-11-15-4-3-6-17(15)13-18(7-8-21-17)16(19)10-14-5-9-22-12-14/h5,9,12,15H,2-4,6-8,10-11,13H2,1H3/t15-,17+/m0/s1. The third kappa shape index (κ3) is 3.36. The summed E-state index contributed by atoms with van der Waals surface area (Å²) >= 11 is 1.64. The number of hydrogen-bond donors (Lipinski definition) is 0. The zero-order valence-corrected chi connectivity index (χ0v) is 14.1. The van der Waals surface area contributed by atoms with Gasteiger partial charge >= 0.3 is 0 Å². The van der Waals surface area contributed by atoms with Gasteiger partial charge in [0.05, 0.1) is 31.8 Å². The highest BCUT2D eigenvalue weighted by Gasteiger charge is 2.47. The van der Waals surface area contributed by atoms with E-state index in [2.05, 4.69) is 5.38 Å². The molecule has 1 aliphatic carbocycles. The van der Waals surface area contributed by atoms with Crippen molar-refractivity contribution in [2.24, 2.45) is 5.92 Å². The van der Waals surface area contributed by atoms with E-state index in [0.717, 1.165) is 38.2 Å². The van der Waals surface area contributed by atoms with Crippen molar-refractivity contribution in [3.63, 3.8) is 0 Å². The third-order valence-corrected chi connectivity index (χ3v) is 5.65. The third-order valence-electron chi connectivity index (χ3n) is 4.92. The number of amides is 1. The fourth-order valence-electron chi connectivity index (χ4n) is 3.71. The zero-order valence-electron chi connectivity index (χ0n) is 13.3. The summed E-state index contributed by atoms with van der Waals surface area (Å²) in [6.45, 7) is 5.62. The summed E-state index contributed by atoms with van der Waals surface area (Å²) in [5.41, 5.74) is 0.949. The molecule has 122 valence electrons. The quantitative estimate of drug-likeness (QED) is 0.836. The Morgan fingerprint density at radius 2 is 2.50 bits per heavy atom. The molecule has 2 aliphatic rings. The molecule has 3 rings (SSSR count). The van der Waals surface area contributed by atoms with E-state index in [0.29, 0.717) is 25.5 Å². The molecule has 0 aromatic carbocycles. The number of nitrogens with zero attached hydrogens (tertiary/aromatic N) is 1. The molecular weight excluding hydrogens is 298 g/mol. The Bertz CT molecular complexity index is 490. The van der Waals surface area contributed by atoms with Gasteiger partial charge in [-0.05, 0) is 42.2 Å². The van der Waals surface area contributed by atoms with Crippen LogP contribution in [0.5, 0.6) is 0 Å². The second kappa shape index (κ2) is 7.11. The molecule has 0 unspecified atom stereocenters. The Labute approximate surface area is 136 Å². The summed E-state index contributed by atoms with van der Waals surface area (Å²) in [6.07, 6.45) is 3.87. The first-order valence-corrected chi connectivity index (χ1v) is 9.18. The highest BCUT2D eigenvalue weighted by atomic mass is 32.1. The van der Waals surface area contributed by atoms with Gasteiger partial charge in [-0.1, -0.05) is 6.42 Å². The minimum Gasteiger partial charge on any atom is -0.381 e. The summed E-state index contributed by atoms with van der Waals surface area (Å²) in [7, 11) is 0. The van der Waals surface area contributed by atoms with E-state index in [1.165, 1.54) is 6.42 Å². The van der Waals surface area contributed by atoms with Gasteiger partial charge < -0.3 is 14.4 Å². The highest BCUT2D eigenvalue weighted by molar-refractivity contribution is 7.07. The van der Waals surface area contributed by atoms with Crippen molar-refractivity contribution in [3.8, 4) is 0 Å². The SMILES string of the molecule is CCOC[C@@H]1CCC[C@@]12CN(C(=O)Cc1ccsc1)CCO2. The second-order valence-corrected chi connectivity index (χ2v) is 7.07. The largest absolute Gasteiger partial charge is 0.381 e. The van der Waals surface area contributed by atoms with E-state index < -0.39 is 0 Å². The van der Waals surface area contributed by atoms with Gasteiger partial charge in [-0.15, -0.1) is 0 Å². The average Bonchev–Trinajstić information content (AvgIpc) is 3.16. The van der Waals surface area contributed by atoms with Crippen molar-refractivity contribution in [1.29, 1.82) is 0 Å². The molecule has 0 radical (unpaired) electrons. The van der Waals surface area contributed by atoms with Gasteiger partial charge in [-0.2, -0.15) is 11.3 Å². The predicted octanol–water partition coefficient (Wildman–Crippen LogP) is 2.72. The number of carbonyl (C=O) groups is 1. The topological polar surface area (TPSA) is 38.8 Å². The van der Waals surface area contributed by atoms with Crippen LogP contribution < -0.4 is 0 Å². The van der Waals surface area contributed by atoms with Crippen molar-refractivity contribution >= 4 is 17.2 Å². The highest BCUT2D eigenvalue weighted by Crippen LogP contribution is 2.41. The molecule has 4 nitrogen and oxygen atoms in total. The second-order valence-electron chi connectivity index (χ2n) is 6.29. The van der Waals surface area contributed by atoms with Crippen LogP contribution in [-0.2, 0) is 20.7 Å². The van der Waals surface area contributed by atoms with Crippen LogP contribution in [0, 0.1) is 5.92 Å². The molecule has 2 fully saturated rings. The Balaban J connectivity index is 1.64. The lowest BCUT2D eigenvalue weighted by Crippen LogP contribution is -2.56. The van der Waals surface area contributed by atoms with Gasteiger partial charge in [0.1, 0.15) is 0 Å². The van der Waals surface area contributed by atoms with Crippen LogP contribution in [0.15, 0.2) is 16.8 Å². The van der Waals surface area contributed by atoms with Gasteiger partial charge in [0, 0.05) is 19.1 Å². The molecule has 1 aliphatic heterocycles. The maximum Gasteiger partial charge on any atom is 0.227 e. The lowest BCUT2D eigenvalue weighted by atomic mass is 9.89. The average molecular weight is 323 g/mol. The number of carbonyl (C=O) groups excluding carboxylic acids is 1. The summed E-state index contributed by atoms with van der Waals surface area (Å²) in [5.74, 6) is 0.646. The predicted molar refractivity (Wildman–Crippen MR) is 87.1 cm³/mol. The van der Waals surface area contributed by atoms with Crippen LogP contribution in [0.25, 0.3) is 0 Å². The van der Waals surface area contributed by atoms with Crippen LogP contribution in [0.3, 0.4) is 0 Å². The maximum atomic E-state index is 12.6. The molecule has 22 heavy (non-hydrogen) atoms. The first-order chi connectivity index (χ1) is 10.7. The van der Waals surface area contributed by atoms with E-state index in [-0.39, 0.29) is 11.5 Å². The molecule has 2 atom stereocenters. The van der Waals surface area contributed by atoms with E-state index in [4.69, 9.17) is 9.47 Å². The molecule has 2 heterocycles. The number of thiophene rings is 1. The van der Waals surface area contributed by atoms with Crippen molar-refractivity contribution in [1.82, 2.24) is 4.90 Å². The first-order valence-electron chi connectivity index (χ1n) is 8.24. The number of morpholine rings is 1.